The number of carboxylic acid groups (broad SMARTS) is 1. The van der Waals surface area contributed by atoms with Crippen LogP contribution >= 0.6 is 0 Å². The second-order valence-corrected chi connectivity index (χ2v) is 6.05. The summed E-state index contributed by atoms with van der Waals surface area (Å²) in [6.45, 7) is 1.33. The first-order valence-electron chi connectivity index (χ1n) is 8.69. The van der Waals surface area contributed by atoms with Crippen LogP contribution < -0.4 is 20.1 Å². The molecule has 0 heterocycles. The van der Waals surface area contributed by atoms with Gasteiger partial charge in [-0.1, -0.05) is 12.1 Å². The summed E-state index contributed by atoms with van der Waals surface area (Å²) in [4.78, 5) is 36.2. The molecule has 152 valence electrons. The average Bonchev–Trinajstić information content (AvgIpc) is 2.73. The Kier molecular flexibility index (Phi) is 7.36. The van der Waals surface area contributed by atoms with Gasteiger partial charge in [-0.15, -0.1) is 0 Å². The third-order valence-corrected chi connectivity index (χ3v) is 3.99. The number of carbonyl (C=O) groups is 3. The molecule has 0 radical (unpaired) electrons. The van der Waals surface area contributed by atoms with Gasteiger partial charge in [-0.3, -0.25) is 14.4 Å². The molecule has 0 bridgehead atoms. The molecule has 0 spiro atoms. The van der Waals surface area contributed by atoms with Crippen molar-refractivity contribution >= 4 is 23.9 Å². The number of hydrogen-bond donors (Lipinski definition) is 3. The summed E-state index contributed by atoms with van der Waals surface area (Å²) in [5.74, 6) is -1.22. The molecule has 3 N–H and O–H groups in total. The van der Waals surface area contributed by atoms with Crippen molar-refractivity contribution in [2.24, 2.45) is 0 Å². The molecule has 0 aromatic heterocycles. The van der Waals surface area contributed by atoms with Gasteiger partial charge in [-0.2, -0.15) is 0 Å². The van der Waals surface area contributed by atoms with E-state index in [0.717, 1.165) is 0 Å². The van der Waals surface area contributed by atoms with Crippen LogP contribution in [0.3, 0.4) is 0 Å². The minimum atomic E-state index is -1.19. The van der Waals surface area contributed by atoms with Crippen molar-refractivity contribution in [1.29, 1.82) is 0 Å². The number of nitrogens with one attached hydrogen (secondary N) is 2. The molecule has 2 amide bonds. The summed E-state index contributed by atoms with van der Waals surface area (Å²) in [5, 5.41) is 13.9. The molecular formula is C21H22N2O6. The Bertz CT molecular complexity index is 904. The monoisotopic (exact) mass is 398 g/mol. The molecule has 8 heteroatoms. The van der Waals surface area contributed by atoms with E-state index in [-0.39, 0.29) is 5.70 Å². The van der Waals surface area contributed by atoms with Crippen LogP contribution in [0.4, 0.5) is 0 Å². The first-order chi connectivity index (χ1) is 13.8. The molecule has 0 aliphatic carbocycles. The fraction of sp³-hybridized carbons (Fsp3) is 0.190. The van der Waals surface area contributed by atoms with Gasteiger partial charge in [-0.05, 0) is 55.0 Å². The Morgan fingerprint density at radius 1 is 0.931 bits per heavy atom. The maximum Gasteiger partial charge on any atom is 0.325 e. The van der Waals surface area contributed by atoms with Crippen LogP contribution in [0, 0.1) is 0 Å². The zero-order valence-corrected chi connectivity index (χ0v) is 16.3. The van der Waals surface area contributed by atoms with Gasteiger partial charge in [0.05, 0.1) is 14.2 Å². The van der Waals surface area contributed by atoms with Crippen molar-refractivity contribution in [1.82, 2.24) is 10.6 Å². The lowest BCUT2D eigenvalue weighted by molar-refractivity contribution is -0.140. The molecule has 2 aromatic rings. The molecule has 2 aromatic carbocycles. The standard InChI is InChI=1S/C21H22N2O6/c1-13(21(26)27)22-20(25)18(12-14-4-8-16(28-2)9-5-14)23-19(24)15-6-10-17(29-3)11-7-15/h4-13H,1-3H3,(H,22,25)(H,23,24)(H,26,27). The average molecular weight is 398 g/mol. The fourth-order valence-corrected chi connectivity index (χ4v) is 2.30. The van der Waals surface area contributed by atoms with Gasteiger partial charge in [0.25, 0.3) is 11.8 Å². The van der Waals surface area contributed by atoms with Gasteiger partial charge in [0, 0.05) is 5.56 Å². The molecule has 0 saturated heterocycles. The van der Waals surface area contributed by atoms with E-state index in [1.165, 1.54) is 27.2 Å². The van der Waals surface area contributed by atoms with E-state index in [1.807, 2.05) is 0 Å². The summed E-state index contributed by atoms with van der Waals surface area (Å²) >= 11 is 0. The number of aliphatic carboxylic acids is 1. The predicted molar refractivity (Wildman–Crippen MR) is 107 cm³/mol. The third kappa shape index (κ3) is 6.10. The lowest BCUT2D eigenvalue weighted by Gasteiger charge is -2.14. The summed E-state index contributed by atoms with van der Waals surface area (Å²) in [6, 6.07) is 12.0. The summed E-state index contributed by atoms with van der Waals surface area (Å²) in [7, 11) is 3.05. The first kappa shape index (κ1) is 21.5. The zero-order valence-electron chi connectivity index (χ0n) is 16.3. The van der Waals surface area contributed by atoms with E-state index < -0.39 is 23.8 Å². The van der Waals surface area contributed by atoms with Crippen molar-refractivity contribution in [2.45, 2.75) is 13.0 Å². The largest absolute Gasteiger partial charge is 0.497 e. The maximum atomic E-state index is 12.6. The Hall–Kier alpha value is -3.81. The van der Waals surface area contributed by atoms with Gasteiger partial charge in [0.15, 0.2) is 0 Å². The molecular weight excluding hydrogens is 376 g/mol. The molecule has 2 rings (SSSR count). The van der Waals surface area contributed by atoms with Gasteiger partial charge in [0.1, 0.15) is 23.2 Å². The summed E-state index contributed by atoms with van der Waals surface area (Å²) < 4.78 is 10.2. The van der Waals surface area contributed by atoms with E-state index in [4.69, 9.17) is 14.6 Å². The van der Waals surface area contributed by atoms with Crippen LogP contribution in [0.2, 0.25) is 0 Å². The number of carboxylic acids is 1. The zero-order chi connectivity index (χ0) is 21.4. The molecule has 0 fully saturated rings. The van der Waals surface area contributed by atoms with Crippen LogP contribution in [0.1, 0.15) is 22.8 Å². The van der Waals surface area contributed by atoms with E-state index in [9.17, 15) is 14.4 Å². The minimum absolute atomic E-state index is 0.0934. The highest BCUT2D eigenvalue weighted by molar-refractivity contribution is 6.06. The Morgan fingerprint density at radius 3 is 1.93 bits per heavy atom. The lowest BCUT2D eigenvalue weighted by Crippen LogP contribution is -2.42. The molecule has 0 saturated carbocycles. The summed E-state index contributed by atoms with van der Waals surface area (Å²) in [6.07, 6.45) is 1.45. The van der Waals surface area contributed by atoms with Crippen LogP contribution in [0.15, 0.2) is 54.2 Å². The van der Waals surface area contributed by atoms with E-state index in [1.54, 1.807) is 48.5 Å². The Labute approximate surface area is 168 Å². The Balaban J connectivity index is 2.29. The van der Waals surface area contributed by atoms with Gasteiger partial charge < -0.3 is 25.2 Å². The van der Waals surface area contributed by atoms with Gasteiger partial charge >= 0.3 is 5.97 Å². The molecule has 8 nitrogen and oxygen atoms in total. The molecule has 29 heavy (non-hydrogen) atoms. The second-order valence-electron chi connectivity index (χ2n) is 6.05. The Morgan fingerprint density at radius 2 is 1.45 bits per heavy atom. The number of methoxy groups -OCH3 is 2. The normalized spacial score (nSPS) is 11.9. The highest BCUT2D eigenvalue weighted by Gasteiger charge is 2.19. The van der Waals surface area contributed by atoms with Crippen LogP contribution in [-0.2, 0) is 9.59 Å². The number of rotatable bonds is 8. The molecule has 1 unspecified atom stereocenters. The lowest BCUT2D eigenvalue weighted by atomic mass is 10.1. The number of hydrogen-bond acceptors (Lipinski definition) is 5. The topological polar surface area (TPSA) is 114 Å². The van der Waals surface area contributed by atoms with E-state index >= 15 is 0 Å². The van der Waals surface area contributed by atoms with Crippen LogP contribution in [0.25, 0.3) is 6.08 Å². The molecule has 1 atom stereocenters. The number of carbonyl (C=O) groups excluding carboxylic acids is 2. The third-order valence-electron chi connectivity index (χ3n) is 3.99. The SMILES string of the molecule is COc1ccc(C=C(NC(=O)c2ccc(OC)cc2)C(=O)NC(C)C(=O)O)cc1. The quantitative estimate of drug-likeness (QED) is 0.587. The van der Waals surface area contributed by atoms with Crippen molar-refractivity contribution in [3.05, 3.63) is 65.4 Å². The second kappa shape index (κ2) is 9.93. The van der Waals surface area contributed by atoms with Crippen molar-refractivity contribution in [3.8, 4) is 11.5 Å². The predicted octanol–water partition coefficient (Wildman–Crippen LogP) is 2.06. The molecule has 0 aliphatic heterocycles. The van der Waals surface area contributed by atoms with E-state index in [0.29, 0.717) is 22.6 Å². The highest BCUT2D eigenvalue weighted by atomic mass is 16.5. The van der Waals surface area contributed by atoms with Crippen LogP contribution in [0.5, 0.6) is 11.5 Å². The van der Waals surface area contributed by atoms with Crippen molar-refractivity contribution < 1.29 is 29.0 Å². The number of ether oxygens (including phenoxy) is 2. The molecule has 0 aliphatic rings. The minimum Gasteiger partial charge on any atom is -0.497 e. The fourth-order valence-electron chi connectivity index (χ4n) is 2.30. The van der Waals surface area contributed by atoms with Gasteiger partial charge in [-0.25, -0.2) is 0 Å². The number of amides is 2. The van der Waals surface area contributed by atoms with Crippen LogP contribution in [-0.4, -0.2) is 43.2 Å². The van der Waals surface area contributed by atoms with E-state index in [2.05, 4.69) is 10.6 Å². The van der Waals surface area contributed by atoms with Crippen molar-refractivity contribution in [2.75, 3.05) is 14.2 Å². The summed E-state index contributed by atoms with van der Waals surface area (Å²) in [5.41, 5.74) is 0.837. The van der Waals surface area contributed by atoms with Gasteiger partial charge in [0.2, 0.25) is 0 Å². The highest BCUT2D eigenvalue weighted by Crippen LogP contribution is 2.15. The first-order valence-corrected chi connectivity index (χ1v) is 8.69. The maximum absolute atomic E-state index is 12.6. The van der Waals surface area contributed by atoms with Crippen molar-refractivity contribution in [3.63, 3.8) is 0 Å². The number of benzene rings is 2. The smallest absolute Gasteiger partial charge is 0.325 e.